The van der Waals surface area contributed by atoms with Crippen molar-refractivity contribution >= 4 is 11.4 Å². The van der Waals surface area contributed by atoms with Crippen molar-refractivity contribution in [1.82, 2.24) is 0 Å². The number of hydrogen-bond acceptors (Lipinski definition) is 3. The summed E-state index contributed by atoms with van der Waals surface area (Å²) in [5.74, 6) is -0.569. The highest BCUT2D eigenvalue weighted by Crippen LogP contribution is 2.28. The molecule has 1 aliphatic heterocycles. The third-order valence-electron chi connectivity index (χ3n) is 3.09. The molecule has 0 amide bonds. The molecule has 17 heavy (non-hydrogen) atoms. The quantitative estimate of drug-likeness (QED) is 0.588. The first-order valence-corrected chi connectivity index (χ1v) is 5.58. The normalized spacial score (nSPS) is 17.2. The Bertz CT molecular complexity index is 431. The van der Waals surface area contributed by atoms with Gasteiger partial charge in [-0.15, -0.1) is 0 Å². The molecule has 0 unspecified atom stereocenters. The number of nitro groups is 1. The van der Waals surface area contributed by atoms with E-state index < -0.39 is 10.7 Å². The van der Waals surface area contributed by atoms with E-state index in [2.05, 4.69) is 7.05 Å². The lowest BCUT2D eigenvalue weighted by Gasteiger charge is -2.31. The number of quaternary nitrogens is 1. The summed E-state index contributed by atoms with van der Waals surface area (Å²) < 4.78 is 13.0. The molecule has 1 N–H and O–H groups in total. The first-order valence-electron chi connectivity index (χ1n) is 5.58. The highest BCUT2D eigenvalue weighted by atomic mass is 19.1. The Kier molecular flexibility index (Phi) is 3.23. The predicted octanol–water partition coefficient (Wildman–Crippen LogP) is 0.0686. The fourth-order valence-corrected chi connectivity index (χ4v) is 2.04. The number of hydrogen-bond donors (Lipinski definition) is 1. The van der Waals surface area contributed by atoms with Gasteiger partial charge in [0.1, 0.15) is 11.5 Å². The van der Waals surface area contributed by atoms with Gasteiger partial charge in [0.05, 0.1) is 44.2 Å². The number of nitro benzene ring substituents is 1. The SMILES string of the molecule is C[NH+]1CCN(c2ccc(F)cc2[N+](=O)[O-])CC1. The van der Waals surface area contributed by atoms with Crippen LogP contribution in [0.25, 0.3) is 0 Å². The summed E-state index contributed by atoms with van der Waals surface area (Å²) >= 11 is 0. The van der Waals surface area contributed by atoms with Gasteiger partial charge in [-0.3, -0.25) is 10.1 Å². The maximum atomic E-state index is 13.0. The minimum Gasteiger partial charge on any atom is -0.355 e. The summed E-state index contributed by atoms with van der Waals surface area (Å²) in [6.07, 6.45) is 0. The summed E-state index contributed by atoms with van der Waals surface area (Å²) in [7, 11) is 2.09. The second-order valence-electron chi connectivity index (χ2n) is 4.33. The maximum Gasteiger partial charge on any atom is 0.295 e. The molecule has 6 heteroatoms. The highest BCUT2D eigenvalue weighted by molar-refractivity contribution is 5.63. The lowest BCUT2D eigenvalue weighted by molar-refractivity contribution is -0.880. The predicted molar refractivity (Wildman–Crippen MR) is 61.9 cm³/mol. The summed E-state index contributed by atoms with van der Waals surface area (Å²) in [4.78, 5) is 13.7. The van der Waals surface area contributed by atoms with Crippen LogP contribution in [0.1, 0.15) is 0 Å². The molecule has 1 saturated heterocycles. The van der Waals surface area contributed by atoms with E-state index >= 15 is 0 Å². The van der Waals surface area contributed by atoms with E-state index in [9.17, 15) is 14.5 Å². The molecule has 5 nitrogen and oxygen atoms in total. The largest absolute Gasteiger partial charge is 0.355 e. The lowest BCUT2D eigenvalue weighted by atomic mass is 10.2. The van der Waals surface area contributed by atoms with Crippen molar-refractivity contribution in [3.8, 4) is 0 Å². The highest BCUT2D eigenvalue weighted by Gasteiger charge is 2.24. The molecule has 1 heterocycles. The first kappa shape index (κ1) is 11.8. The summed E-state index contributed by atoms with van der Waals surface area (Å²) in [6, 6.07) is 3.75. The van der Waals surface area contributed by atoms with Crippen LogP contribution in [-0.2, 0) is 0 Å². The zero-order valence-corrected chi connectivity index (χ0v) is 9.65. The molecule has 0 bridgehead atoms. The van der Waals surface area contributed by atoms with Gasteiger partial charge in [0, 0.05) is 0 Å². The lowest BCUT2D eigenvalue weighted by Crippen LogP contribution is -3.12. The zero-order chi connectivity index (χ0) is 12.4. The van der Waals surface area contributed by atoms with Crippen molar-refractivity contribution in [2.24, 2.45) is 0 Å². The second kappa shape index (κ2) is 4.67. The monoisotopic (exact) mass is 240 g/mol. The van der Waals surface area contributed by atoms with Crippen LogP contribution in [0.5, 0.6) is 0 Å². The van der Waals surface area contributed by atoms with Crippen LogP contribution >= 0.6 is 0 Å². The van der Waals surface area contributed by atoms with Crippen molar-refractivity contribution in [3.63, 3.8) is 0 Å². The van der Waals surface area contributed by atoms with Crippen molar-refractivity contribution in [2.45, 2.75) is 0 Å². The summed E-state index contributed by atoms with van der Waals surface area (Å²) in [5.41, 5.74) is 0.369. The van der Waals surface area contributed by atoms with Crippen LogP contribution in [0.2, 0.25) is 0 Å². The third kappa shape index (κ3) is 2.52. The maximum absolute atomic E-state index is 13.0. The Morgan fingerprint density at radius 2 is 2.06 bits per heavy atom. The van der Waals surface area contributed by atoms with Gasteiger partial charge in [-0.25, -0.2) is 4.39 Å². The van der Waals surface area contributed by atoms with E-state index in [1.807, 2.05) is 4.90 Å². The van der Waals surface area contributed by atoms with Crippen molar-refractivity contribution in [3.05, 3.63) is 34.1 Å². The van der Waals surface area contributed by atoms with Crippen LogP contribution in [0.15, 0.2) is 18.2 Å². The summed E-state index contributed by atoms with van der Waals surface area (Å²) in [5, 5.41) is 10.9. The standard InChI is InChI=1S/C11H14FN3O2/c1-13-4-6-14(7-5-13)10-3-2-9(12)8-11(10)15(16)17/h2-3,8H,4-7H2,1H3/p+1. The van der Waals surface area contributed by atoms with Crippen LogP contribution in [0.3, 0.4) is 0 Å². The van der Waals surface area contributed by atoms with E-state index in [1.165, 1.54) is 17.0 Å². The van der Waals surface area contributed by atoms with Gasteiger partial charge < -0.3 is 9.80 Å². The third-order valence-corrected chi connectivity index (χ3v) is 3.09. The van der Waals surface area contributed by atoms with E-state index in [0.717, 1.165) is 32.2 Å². The second-order valence-corrected chi connectivity index (χ2v) is 4.33. The fraction of sp³-hybridized carbons (Fsp3) is 0.455. The minimum atomic E-state index is -0.569. The number of piperazine rings is 1. The van der Waals surface area contributed by atoms with Crippen LogP contribution in [0.4, 0.5) is 15.8 Å². The van der Waals surface area contributed by atoms with Crippen LogP contribution in [0, 0.1) is 15.9 Å². The Balaban J connectivity index is 2.28. The molecule has 1 aromatic carbocycles. The molecule has 1 aliphatic rings. The number of anilines is 1. The van der Waals surface area contributed by atoms with Crippen LogP contribution < -0.4 is 9.80 Å². The Hall–Kier alpha value is -1.69. The number of nitrogens with one attached hydrogen (secondary N) is 1. The summed E-state index contributed by atoms with van der Waals surface area (Å²) in [6.45, 7) is 3.40. The number of rotatable bonds is 2. The molecule has 0 radical (unpaired) electrons. The van der Waals surface area contributed by atoms with E-state index in [0.29, 0.717) is 5.69 Å². The molecule has 1 fully saturated rings. The average molecular weight is 240 g/mol. The van der Waals surface area contributed by atoms with Gasteiger partial charge in [-0.05, 0) is 12.1 Å². The van der Waals surface area contributed by atoms with Gasteiger partial charge in [0.15, 0.2) is 0 Å². The molecule has 0 aromatic heterocycles. The molecule has 92 valence electrons. The average Bonchev–Trinajstić information content (AvgIpc) is 2.30. The van der Waals surface area contributed by atoms with Gasteiger partial charge in [-0.1, -0.05) is 0 Å². The molecule has 1 aromatic rings. The number of nitrogens with zero attached hydrogens (tertiary/aromatic N) is 2. The van der Waals surface area contributed by atoms with Gasteiger partial charge >= 0.3 is 0 Å². The Labute approximate surface area is 98.6 Å². The van der Waals surface area contributed by atoms with E-state index in [-0.39, 0.29) is 5.69 Å². The Morgan fingerprint density at radius 3 is 2.65 bits per heavy atom. The topological polar surface area (TPSA) is 50.8 Å². The molecule has 2 rings (SSSR count). The molecule has 0 saturated carbocycles. The van der Waals surface area contributed by atoms with Crippen molar-refractivity contribution in [1.29, 1.82) is 0 Å². The molecule has 0 atom stereocenters. The van der Waals surface area contributed by atoms with Gasteiger partial charge in [0.25, 0.3) is 5.69 Å². The fourth-order valence-electron chi connectivity index (χ4n) is 2.04. The molecule has 0 aliphatic carbocycles. The van der Waals surface area contributed by atoms with Gasteiger partial charge in [-0.2, -0.15) is 0 Å². The van der Waals surface area contributed by atoms with Crippen molar-refractivity contribution < 1.29 is 14.2 Å². The molecular formula is C11H15FN3O2+. The van der Waals surface area contributed by atoms with E-state index in [4.69, 9.17) is 0 Å². The number of benzene rings is 1. The van der Waals surface area contributed by atoms with Gasteiger partial charge in [0.2, 0.25) is 0 Å². The van der Waals surface area contributed by atoms with E-state index in [1.54, 1.807) is 0 Å². The minimum absolute atomic E-state index is 0.149. The number of halogens is 1. The zero-order valence-electron chi connectivity index (χ0n) is 9.65. The molecular weight excluding hydrogens is 225 g/mol. The van der Waals surface area contributed by atoms with Crippen LogP contribution in [-0.4, -0.2) is 38.2 Å². The smallest absolute Gasteiger partial charge is 0.295 e. The first-order chi connectivity index (χ1) is 8.08. The van der Waals surface area contributed by atoms with Crippen molar-refractivity contribution in [2.75, 3.05) is 38.1 Å². The number of likely N-dealkylation sites (N-methyl/N-ethyl adjacent to an activating group) is 1. The Morgan fingerprint density at radius 1 is 1.41 bits per heavy atom. The molecule has 0 spiro atoms.